The molecule has 1 aromatic carbocycles. The highest BCUT2D eigenvalue weighted by atomic mass is 32.2. The SMILES string of the molecule is CS(=O)(=O)c1cc(-c2cc(N)n[nH]2)ccc1F. The molecule has 2 aromatic rings. The van der Waals surface area contributed by atoms with Crippen molar-refractivity contribution in [1.29, 1.82) is 0 Å². The third-order valence-electron chi connectivity index (χ3n) is 2.24. The molecule has 0 amide bonds. The van der Waals surface area contributed by atoms with Crippen molar-refractivity contribution in [3.63, 3.8) is 0 Å². The number of nitrogens with zero attached hydrogens (tertiary/aromatic N) is 1. The van der Waals surface area contributed by atoms with Crippen molar-refractivity contribution < 1.29 is 12.8 Å². The van der Waals surface area contributed by atoms with E-state index in [2.05, 4.69) is 10.2 Å². The molecular weight excluding hydrogens is 245 g/mol. The van der Waals surface area contributed by atoms with Crippen molar-refractivity contribution >= 4 is 15.7 Å². The molecule has 5 nitrogen and oxygen atoms in total. The van der Waals surface area contributed by atoms with Crippen LogP contribution in [0.4, 0.5) is 10.2 Å². The zero-order valence-electron chi connectivity index (χ0n) is 8.94. The molecule has 0 bridgehead atoms. The van der Waals surface area contributed by atoms with Crippen LogP contribution in [0.25, 0.3) is 11.3 Å². The van der Waals surface area contributed by atoms with E-state index < -0.39 is 15.7 Å². The summed E-state index contributed by atoms with van der Waals surface area (Å²) in [6.45, 7) is 0. The Morgan fingerprint density at radius 2 is 2.06 bits per heavy atom. The molecule has 0 unspecified atom stereocenters. The van der Waals surface area contributed by atoms with Gasteiger partial charge in [0.2, 0.25) is 0 Å². The molecule has 0 atom stereocenters. The summed E-state index contributed by atoms with van der Waals surface area (Å²) in [5.74, 6) is -0.492. The number of aromatic nitrogens is 2. The van der Waals surface area contributed by atoms with Crippen LogP contribution in [0.3, 0.4) is 0 Å². The molecule has 7 heteroatoms. The van der Waals surface area contributed by atoms with Crippen LogP contribution < -0.4 is 5.73 Å². The zero-order chi connectivity index (χ0) is 12.6. The lowest BCUT2D eigenvalue weighted by Crippen LogP contribution is -2.01. The lowest BCUT2D eigenvalue weighted by atomic mass is 10.1. The molecule has 2 rings (SSSR count). The Bertz CT molecular complexity index is 664. The minimum atomic E-state index is -3.60. The van der Waals surface area contributed by atoms with Crippen molar-refractivity contribution in [1.82, 2.24) is 10.2 Å². The van der Waals surface area contributed by atoms with Gasteiger partial charge in [-0.1, -0.05) is 0 Å². The van der Waals surface area contributed by atoms with Gasteiger partial charge in [-0.2, -0.15) is 5.10 Å². The van der Waals surface area contributed by atoms with Gasteiger partial charge in [-0.05, 0) is 18.2 Å². The fourth-order valence-electron chi connectivity index (χ4n) is 1.44. The second-order valence-electron chi connectivity index (χ2n) is 3.62. The highest BCUT2D eigenvalue weighted by Gasteiger charge is 2.15. The molecule has 0 spiro atoms. The Labute approximate surface area is 97.4 Å². The monoisotopic (exact) mass is 255 g/mol. The molecule has 0 fully saturated rings. The van der Waals surface area contributed by atoms with Gasteiger partial charge in [0, 0.05) is 17.9 Å². The number of rotatable bonds is 2. The topological polar surface area (TPSA) is 88.8 Å². The number of halogens is 1. The third-order valence-corrected chi connectivity index (χ3v) is 3.35. The summed E-state index contributed by atoms with van der Waals surface area (Å²) in [7, 11) is -3.60. The van der Waals surface area contributed by atoms with Crippen LogP contribution in [-0.2, 0) is 9.84 Å². The third kappa shape index (κ3) is 2.28. The summed E-state index contributed by atoms with van der Waals surface area (Å²) in [6, 6.07) is 5.34. The minimum Gasteiger partial charge on any atom is -0.382 e. The Morgan fingerprint density at radius 3 is 2.59 bits per heavy atom. The Balaban J connectivity index is 2.59. The normalized spacial score (nSPS) is 11.6. The average Bonchev–Trinajstić information content (AvgIpc) is 2.64. The number of aromatic amines is 1. The van der Waals surface area contributed by atoms with Crippen LogP contribution in [0.5, 0.6) is 0 Å². The number of hydrogen-bond acceptors (Lipinski definition) is 4. The molecular formula is C10H10FN3O2S. The number of benzene rings is 1. The van der Waals surface area contributed by atoms with E-state index in [1.165, 1.54) is 12.1 Å². The fraction of sp³-hybridized carbons (Fsp3) is 0.100. The Kier molecular flexibility index (Phi) is 2.62. The zero-order valence-corrected chi connectivity index (χ0v) is 9.75. The number of H-pyrrole nitrogens is 1. The van der Waals surface area contributed by atoms with Gasteiger partial charge < -0.3 is 5.73 Å². The summed E-state index contributed by atoms with van der Waals surface area (Å²) in [4.78, 5) is -0.344. The Morgan fingerprint density at radius 1 is 1.35 bits per heavy atom. The first-order chi connectivity index (χ1) is 7.88. The standard InChI is InChI=1S/C10H10FN3O2S/c1-17(15,16)9-4-6(2-3-7(9)11)8-5-10(12)14-13-8/h2-5H,1H3,(H3,12,13,14). The lowest BCUT2D eigenvalue weighted by molar-refractivity contribution is 0.571. The fourth-order valence-corrected chi connectivity index (χ4v) is 2.20. The maximum absolute atomic E-state index is 13.4. The first kappa shape index (κ1) is 11.6. The van der Waals surface area contributed by atoms with Gasteiger partial charge in [0.15, 0.2) is 9.84 Å². The summed E-state index contributed by atoms with van der Waals surface area (Å²) in [5.41, 5.74) is 6.48. The summed E-state index contributed by atoms with van der Waals surface area (Å²) in [5, 5.41) is 6.34. The van der Waals surface area contributed by atoms with Crippen LogP contribution in [-0.4, -0.2) is 24.9 Å². The van der Waals surface area contributed by atoms with E-state index in [0.717, 1.165) is 12.3 Å². The minimum absolute atomic E-state index is 0.283. The van der Waals surface area contributed by atoms with Crippen LogP contribution >= 0.6 is 0 Å². The van der Waals surface area contributed by atoms with E-state index in [-0.39, 0.29) is 10.7 Å². The van der Waals surface area contributed by atoms with Gasteiger partial charge >= 0.3 is 0 Å². The first-order valence-corrected chi connectivity index (χ1v) is 6.58. The average molecular weight is 255 g/mol. The van der Waals surface area contributed by atoms with Crippen LogP contribution in [0.2, 0.25) is 0 Å². The van der Waals surface area contributed by atoms with E-state index in [1.54, 1.807) is 6.07 Å². The maximum atomic E-state index is 13.4. The number of nitrogens with one attached hydrogen (secondary N) is 1. The van der Waals surface area contributed by atoms with Gasteiger partial charge in [0.1, 0.15) is 16.5 Å². The molecule has 0 aliphatic heterocycles. The van der Waals surface area contributed by atoms with E-state index in [4.69, 9.17) is 5.73 Å². The predicted octanol–water partition coefficient (Wildman–Crippen LogP) is 1.20. The van der Waals surface area contributed by atoms with Gasteiger partial charge in [0.25, 0.3) is 0 Å². The first-order valence-electron chi connectivity index (χ1n) is 4.69. The number of anilines is 1. The number of sulfone groups is 1. The number of hydrogen-bond donors (Lipinski definition) is 2. The van der Waals surface area contributed by atoms with Crippen LogP contribution in [0.1, 0.15) is 0 Å². The maximum Gasteiger partial charge on any atom is 0.178 e. The molecule has 0 aliphatic carbocycles. The molecule has 1 heterocycles. The molecule has 17 heavy (non-hydrogen) atoms. The highest BCUT2D eigenvalue weighted by molar-refractivity contribution is 7.90. The van der Waals surface area contributed by atoms with Crippen molar-refractivity contribution in [3.05, 3.63) is 30.1 Å². The summed E-state index contributed by atoms with van der Waals surface area (Å²) in [6.07, 6.45) is 0.955. The van der Waals surface area contributed by atoms with E-state index in [9.17, 15) is 12.8 Å². The molecule has 0 aliphatic rings. The van der Waals surface area contributed by atoms with Crippen molar-refractivity contribution in [2.24, 2.45) is 0 Å². The van der Waals surface area contributed by atoms with Crippen LogP contribution in [0, 0.1) is 5.82 Å². The molecule has 1 aromatic heterocycles. The van der Waals surface area contributed by atoms with Crippen molar-refractivity contribution in [2.45, 2.75) is 4.90 Å². The van der Waals surface area contributed by atoms with Gasteiger partial charge in [-0.25, -0.2) is 12.8 Å². The molecule has 0 saturated carbocycles. The molecule has 3 N–H and O–H groups in total. The smallest absolute Gasteiger partial charge is 0.178 e. The van der Waals surface area contributed by atoms with Gasteiger partial charge in [-0.3, -0.25) is 5.10 Å². The quantitative estimate of drug-likeness (QED) is 0.843. The summed E-state index contributed by atoms with van der Waals surface area (Å²) >= 11 is 0. The van der Waals surface area contributed by atoms with Gasteiger partial charge in [0.05, 0.1) is 5.69 Å². The van der Waals surface area contributed by atoms with Gasteiger partial charge in [-0.15, -0.1) is 0 Å². The van der Waals surface area contributed by atoms with Crippen molar-refractivity contribution in [3.8, 4) is 11.3 Å². The molecule has 90 valence electrons. The molecule has 0 radical (unpaired) electrons. The highest BCUT2D eigenvalue weighted by Crippen LogP contribution is 2.24. The van der Waals surface area contributed by atoms with E-state index >= 15 is 0 Å². The van der Waals surface area contributed by atoms with Crippen LogP contribution in [0.15, 0.2) is 29.2 Å². The second-order valence-corrected chi connectivity index (χ2v) is 5.61. The van der Waals surface area contributed by atoms with E-state index in [1.807, 2.05) is 0 Å². The van der Waals surface area contributed by atoms with E-state index in [0.29, 0.717) is 11.3 Å². The summed E-state index contributed by atoms with van der Waals surface area (Å²) < 4.78 is 36.1. The number of nitrogen functional groups attached to an aromatic ring is 1. The van der Waals surface area contributed by atoms with Crippen molar-refractivity contribution in [2.75, 3.05) is 12.0 Å². The predicted molar refractivity (Wildman–Crippen MR) is 61.5 cm³/mol. The molecule has 0 saturated heterocycles. The second kappa shape index (κ2) is 3.85. The Hall–Kier alpha value is -1.89. The number of nitrogens with two attached hydrogens (primary N) is 1. The largest absolute Gasteiger partial charge is 0.382 e. The lowest BCUT2D eigenvalue weighted by Gasteiger charge is -2.03.